The number of rotatable bonds is 27. The van der Waals surface area contributed by atoms with Gasteiger partial charge in [-0.15, -0.1) is 0 Å². The molecule has 0 saturated carbocycles. The van der Waals surface area contributed by atoms with Crippen LogP contribution < -0.4 is 0 Å². The first-order chi connectivity index (χ1) is 17.4. The first-order valence-electron chi connectivity index (χ1n) is 14.8. The zero-order valence-electron chi connectivity index (χ0n) is 24.1. The maximum atomic E-state index is 12.7. The molecule has 3 unspecified atom stereocenters. The fourth-order valence-electron chi connectivity index (χ4n) is 3.98. The van der Waals surface area contributed by atoms with Crippen LogP contribution in [0.2, 0.25) is 0 Å². The molecule has 0 aromatic carbocycles. The van der Waals surface area contributed by atoms with Gasteiger partial charge in [0, 0.05) is 5.25 Å². The molecule has 0 aromatic heterocycles. The van der Waals surface area contributed by atoms with Crippen molar-refractivity contribution in [1.82, 2.24) is 0 Å². The Morgan fingerprint density at radius 3 is 1.78 bits per heavy atom. The average Bonchev–Trinajstić information content (AvgIpc) is 2.87. The van der Waals surface area contributed by atoms with E-state index in [0.717, 1.165) is 18.6 Å². The van der Waals surface area contributed by atoms with Gasteiger partial charge in [0.1, 0.15) is 6.10 Å². The number of thioether (sulfide) groups is 1. The average molecular weight is 553 g/mol. The molecule has 6 nitrogen and oxygen atoms in total. The van der Waals surface area contributed by atoms with Crippen LogP contribution in [0, 0.1) is 0 Å². The summed E-state index contributed by atoms with van der Waals surface area (Å²) in [4.78, 5) is 22.9. The zero-order chi connectivity index (χ0) is 26.9. The molecule has 0 saturated heterocycles. The third-order valence-corrected chi connectivity index (χ3v) is 9.42. The lowest BCUT2D eigenvalue weighted by Gasteiger charge is -2.23. The molecular formula is C28H57O6PS. The predicted molar refractivity (Wildman–Crippen MR) is 154 cm³/mol. The first-order valence-corrected chi connectivity index (χ1v) is 17.4. The summed E-state index contributed by atoms with van der Waals surface area (Å²) in [6.45, 7) is 10.2. The van der Waals surface area contributed by atoms with Crippen molar-refractivity contribution >= 4 is 25.1 Å². The van der Waals surface area contributed by atoms with Crippen molar-refractivity contribution in [2.75, 3.05) is 19.0 Å². The van der Waals surface area contributed by atoms with Gasteiger partial charge in [-0.2, -0.15) is 16.6 Å². The summed E-state index contributed by atoms with van der Waals surface area (Å²) in [5.74, 6) is 1.08. The SMILES string of the molecule is CCCCCCCCCCCSC(CCCCCCCC)C(C)OOC(=O)P(=O)(OCC)OCCC. The maximum absolute atomic E-state index is 12.7. The molecule has 0 amide bonds. The van der Waals surface area contributed by atoms with E-state index < -0.39 is 13.3 Å². The molecule has 0 N–H and O–H groups in total. The highest BCUT2D eigenvalue weighted by molar-refractivity contribution is 7.99. The van der Waals surface area contributed by atoms with Gasteiger partial charge in [-0.1, -0.05) is 111 Å². The summed E-state index contributed by atoms with van der Waals surface area (Å²) in [5, 5.41) is 0.223. The van der Waals surface area contributed by atoms with Crippen molar-refractivity contribution in [3.05, 3.63) is 0 Å². The van der Waals surface area contributed by atoms with Crippen molar-refractivity contribution in [3.8, 4) is 0 Å². The molecule has 0 bridgehead atoms. The van der Waals surface area contributed by atoms with Gasteiger partial charge in [-0.3, -0.25) is 4.89 Å². The second kappa shape index (κ2) is 25.2. The number of carbonyl (C=O) groups is 1. The van der Waals surface area contributed by atoms with Crippen LogP contribution in [0.4, 0.5) is 4.79 Å². The lowest BCUT2D eigenvalue weighted by atomic mass is 10.1. The van der Waals surface area contributed by atoms with Crippen LogP contribution in [0.25, 0.3) is 0 Å². The van der Waals surface area contributed by atoms with Crippen LogP contribution in [0.5, 0.6) is 0 Å². The van der Waals surface area contributed by atoms with Crippen LogP contribution in [0.3, 0.4) is 0 Å². The van der Waals surface area contributed by atoms with Gasteiger partial charge >= 0.3 is 13.3 Å². The van der Waals surface area contributed by atoms with Gasteiger partial charge in [0.25, 0.3) is 0 Å². The molecule has 0 aliphatic heterocycles. The highest BCUT2D eigenvalue weighted by atomic mass is 32.2. The van der Waals surface area contributed by atoms with Crippen LogP contribution >= 0.6 is 19.4 Å². The highest BCUT2D eigenvalue weighted by Gasteiger charge is 2.38. The molecule has 0 fully saturated rings. The van der Waals surface area contributed by atoms with Crippen LogP contribution in [0.15, 0.2) is 0 Å². The third kappa shape index (κ3) is 19.1. The van der Waals surface area contributed by atoms with E-state index in [0.29, 0.717) is 6.42 Å². The smallest absolute Gasteiger partial charge is 0.301 e. The van der Waals surface area contributed by atoms with E-state index in [-0.39, 0.29) is 24.6 Å². The Morgan fingerprint density at radius 2 is 1.25 bits per heavy atom. The topological polar surface area (TPSA) is 71.1 Å². The van der Waals surface area contributed by atoms with Crippen molar-refractivity contribution < 1.29 is 28.2 Å². The minimum Gasteiger partial charge on any atom is -0.301 e. The van der Waals surface area contributed by atoms with E-state index in [1.807, 2.05) is 25.6 Å². The summed E-state index contributed by atoms with van der Waals surface area (Å²) in [6, 6.07) is 0. The molecule has 8 heteroatoms. The van der Waals surface area contributed by atoms with Crippen LogP contribution in [-0.2, 0) is 23.4 Å². The molecule has 0 aliphatic rings. The minimum absolute atomic E-state index is 0.0981. The molecule has 216 valence electrons. The normalized spacial score (nSPS) is 14.9. The van der Waals surface area contributed by atoms with Gasteiger partial charge in [-0.05, 0) is 38.9 Å². The highest BCUT2D eigenvalue weighted by Crippen LogP contribution is 2.50. The lowest BCUT2D eigenvalue weighted by molar-refractivity contribution is -0.262. The predicted octanol–water partition coefficient (Wildman–Crippen LogP) is 10.5. The Balaban J connectivity index is 4.55. The second-order valence-electron chi connectivity index (χ2n) is 9.69. The minimum atomic E-state index is -3.99. The van der Waals surface area contributed by atoms with E-state index in [4.69, 9.17) is 18.8 Å². The molecule has 0 aliphatic carbocycles. The summed E-state index contributed by atoms with van der Waals surface area (Å²) >= 11 is 1.91. The van der Waals surface area contributed by atoms with Crippen molar-refractivity contribution in [3.63, 3.8) is 0 Å². The van der Waals surface area contributed by atoms with Gasteiger partial charge in [0.2, 0.25) is 0 Å². The monoisotopic (exact) mass is 552 g/mol. The fraction of sp³-hybridized carbons (Fsp3) is 0.964. The standard InChI is InChI=1S/C28H57O6PS/c1-6-10-12-14-16-17-18-20-22-25-36-27(23-21-19-15-13-11-7-2)26(5)33-34-28(29)35(30,31-9-4)32-24-8-3/h26-27H,6-25H2,1-5H3. The van der Waals surface area contributed by atoms with E-state index >= 15 is 0 Å². The summed E-state index contributed by atoms with van der Waals surface area (Å²) in [6.07, 6.45) is 20.7. The van der Waals surface area contributed by atoms with E-state index in [2.05, 4.69) is 13.8 Å². The lowest BCUT2D eigenvalue weighted by Crippen LogP contribution is -2.25. The van der Waals surface area contributed by atoms with Crippen molar-refractivity contribution in [1.29, 1.82) is 0 Å². The van der Waals surface area contributed by atoms with Gasteiger partial charge in [0.05, 0.1) is 13.2 Å². The van der Waals surface area contributed by atoms with Crippen molar-refractivity contribution in [2.45, 2.75) is 155 Å². The number of carbonyl (C=O) groups excluding carboxylic acids is 1. The van der Waals surface area contributed by atoms with Gasteiger partial charge in [0.15, 0.2) is 0 Å². The van der Waals surface area contributed by atoms with Gasteiger partial charge < -0.3 is 9.05 Å². The molecule has 0 rings (SSSR count). The van der Waals surface area contributed by atoms with Crippen LogP contribution in [-0.4, -0.2) is 36.0 Å². The Labute approximate surface area is 227 Å². The molecular weight excluding hydrogens is 495 g/mol. The molecule has 0 aromatic rings. The summed E-state index contributed by atoms with van der Waals surface area (Å²) < 4.78 is 23.0. The Kier molecular flexibility index (Phi) is 25.2. The molecule has 3 atom stereocenters. The number of hydrogen-bond acceptors (Lipinski definition) is 7. The summed E-state index contributed by atoms with van der Waals surface area (Å²) in [5.41, 5.74) is -1.06. The maximum Gasteiger partial charge on any atom is 0.452 e. The van der Waals surface area contributed by atoms with E-state index in [9.17, 15) is 9.36 Å². The Morgan fingerprint density at radius 1 is 0.722 bits per heavy atom. The number of unbranched alkanes of at least 4 members (excludes halogenated alkanes) is 13. The zero-order valence-corrected chi connectivity index (χ0v) is 25.8. The van der Waals surface area contributed by atoms with Crippen LogP contribution in [0.1, 0.15) is 144 Å². The molecule has 36 heavy (non-hydrogen) atoms. The number of hydrogen-bond donors (Lipinski definition) is 0. The second-order valence-corrected chi connectivity index (χ2v) is 12.9. The van der Waals surface area contributed by atoms with Crippen molar-refractivity contribution in [2.24, 2.45) is 0 Å². The molecule has 0 spiro atoms. The van der Waals surface area contributed by atoms with Gasteiger partial charge in [-0.25, -0.2) is 9.36 Å². The fourth-order valence-corrected chi connectivity index (χ4v) is 6.48. The molecule has 0 radical (unpaired) electrons. The van der Waals surface area contributed by atoms with E-state index in [1.54, 1.807) is 6.92 Å². The largest absolute Gasteiger partial charge is 0.452 e. The Bertz CT molecular complexity index is 548. The Hall–Kier alpha value is -0.0700. The quantitative estimate of drug-likeness (QED) is 0.0434. The third-order valence-electron chi connectivity index (χ3n) is 6.20. The molecule has 0 heterocycles. The first kappa shape index (κ1) is 35.9. The summed E-state index contributed by atoms with van der Waals surface area (Å²) in [7, 11) is -3.99. The van der Waals surface area contributed by atoms with E-state index in [1.165, 1.54) is 89.9 Å².